The Morgan fingerprint density at radius 2 is 1.95 bits per heavy atom. The lowest BCUT2D eigenvalue weighted by Gasteiger charge is -2.27. The van der Waals surface area contributed by atoms with Crippen LogP contribution in [0.15, 0.2) is 23.1 Å². The van der Waals surface area contributed by atoms with Crippen LogP contribution in [-0.2, 0) is 10.0 Å². The Kier molecular flexibility index (Phi) is 5.21. The van der Waals surface area contributed by atoms with Crippen LogP contribution < -0.4 is 5.32 Å². The molecule has 0 radical (unpaired) electrons. The number of fused-ring (bicyclic) bond motifs is 2. The molecule has 2 aliphatic rings. The average Bonchev–Trinajstić information content (AvgIpc) is 2.66. The van der Waals surface area contributed by atoms with Crippen molar-refractivity contribution in [3.8, 4) is 0 Å². The fourth-order valence-corrected chi connectivity index (χ4v) is 5.71. The fraction of sp³-hybridized carbons (Fsp3) is 0.571. The minimum Gasteiger partial charge on any atom is -0.315 e. The van der Waals surface area contributed by atoms with Gasteiger partial charge in [-0.1, -0.05) is 17.7 Å². The normalized spacial score (nSPS) is 26.2. The Bertz CT molecular complexity index is 607. The van der Waals surface area contributed by atoms with Gasteiger partial charge in [-0.3, -0.25) is 0 Å². The third kappa shape index (κ3) is 3.08. The molecule has 0 spiro atoms. The summed E-state index contributed by atoms with van der Waals surface area (Å²) < 4.78 is 27.7. The largest absolute Gasteiger partial charge is 0.315 e. The maximum Gasteiger partial charge on any atom is 0.245 e. The minimum absolute atomic E-state index is 0. The van der Waals surface area contributed by atoms with E-state index < -0.39 is 10.0 Å². The zero-order valence-electron chi connectivity index (χ0n) is 11.9. The van der Waals surface area contributed by atoms with Crippen LogP contribution in [0.1, 0.15) is 24.8 Å². The van der Waals surface area contributed by atoms with Crippen LogP contribution >= 0.6 is 24.0 Å². The highest BCUT2D eigenvalue weighted by Gasteiger charge is 2.43. The fourth-order valence-electron chi connectivity index (χ4n) is 3.25. The van der Waals surface area contributed by atoms with Crippen molar-refractivity contribution in [3.63, 3.8) is 0 Å². The molecule has 0 aromatic heterocycles. The van der Waals surface area contributed by atoms with Gasteiger partial charge in [0.15, 0.2) is 0 Å². The van der Waals surface area contributed by atoms with Crippen molar-refractivity contribution in [1.29, 1.82) is 0 Å². The van der Waals surface area contributed by atoms with E-state index in [9.17, 15) is 8.42 Å². The molecule has 7 heteroatoms. The summed E-state index contributed by atoms with van der Waals surface area (Å²) in [6.07, 6.45) is 2.76. The van der Waals surface area contributed by atoms with Crippen LogP contribution in [0.2, 0.25) is 5.02 Å². The van der Waals surface area contributed by atoms with Crippen molar-refractivity contribution in [3.05, 3.63) is 28.8 Å². The molecule has 118 valence electrons. The molecular formula is C14H20Cl2N2O2S. The number of hydrogen-bond acceptors (Lipinski definition) is 3. The van der Waals surface area contributed by atoms with E-state index in [1.165, 1.54) is 0 Å². The van der Waals surface area contributed by atoms with E-state index >= 15 is 0 Å². The number of nitrogens with one attached hydrogen (secondary N) is 1. The zero-order chi connectivity index (χ0) is 14.3. The standard InChI is InChI=1S/C14H19ClN2O2S.ClH/c1-10-2-5-13(15)14(8-10)20(18,19)17-11-3-4-12(17)9-16-7-6-11;/h2,5,8,11-12,16H,3-4,6-7,9H2,1H3;1H. The molecule has 4 nitrogen and oxygen atoms in total. The molecule has 2 aliphatic heterocycles. The topological polar surface area (TPSA) is 49.4 Å². The second-order valence-corrected chi connectivity index (χ2v) is 7.87. The smallest absolute Gasteiger partial charge is 0.245 e. The van der Waals surface area contributed by atoms with Gasteiger partial charge in [0, 0.05) is 18.6 Å². The molecule has 2 bridgehead atoms. The summed E-state index contributed by atoms with van der Waals surface area (Å²) >= 11 is 6.14. The minimum atomic E-state index is -3.51. The van der Waals surface area contributed by atoms with Crippen molar-refractivity contribution in [2.45, 2.75) is 43.2 Å². The molecule has 2 atom stereocenters. The monoisotopic (exact) mass is 350 g/mol. The van der Waals surface area contributed by atoms with E-state index in [4.69, 9.17) is 11.6 Å². The highest BCUT2D eigenvalue weighted by molar-refractivity contribution is 7.89. The molecular weight excluding hydrogens is 331 g/mol. The maximum atomic E-state index is 13.0. The summed E-state index contributed by atoms with van der Waals surface area (Å²) in [5.74, 6) is 0. The molecule has 0 amide bonds. The predicted octanol–water partition coefficient (Wildman–Crippen LogP) is 2.59. The van der Waals surface area contributed by atoms with Crippen LogP contribution in [-0.4, -0.2) is 37.9 Å². The number of nitrogens with zero attached hydrogens (tertiary/aromatic N) is 1. The van der Waals surface area contributed by atoms with Gasteiger partial charge in [-0.15, -0.1) is 12.4 Å². The van der Waals surface area contributed by atoms with E-state index in [2.05, 4.69) is 5.32 Å². The molecule has 3 rings (SSSR count). The summed E-state index contributed by atoms with van der Waals surface area (Å²) in [5, 5.41) is 3.63. The van der Waals surface area contributed by atoms with E-state index in [1.807, 2.05) is 13.0 Å². The number of halogens is 2. The summed E-state index contributed by atoms with van der Waals surface area (Å²) in [5.41, 5.74) is 0.910. The second kappa shape index (κ2) is 6.42. The lowest BCUT2D eigenvalue weighted by Crippen LogP contribution is -2.42. The number of rotatable bonds is 2. The summed E-state index contributed by atoms with van der Waals surface area (Å²) in [6, 6.07) is 5.34. The van der Waals surface area contributed by atoms with Gasteiger partial charge < -0.3 is 5.32 Å². The van der Waals surface area contributed by atoms with E-state index in [0.29, 0.717) is 5.02 Å². The van der Waals surface area contributed by atoms with Crippen molar-refractivity contribution < 1.29 is 8.42 Å². The number of sulfonamides is 1. The predicted molar refractivity (Wildman–Crippen MR) is 86.8 cm³/mol. The molecule has 2 saturated heterocycles. The lowest BCUT2D eigenvalue weighted by molar-refractivity contribution is 0.334. The van der Waals surface area contributed by atoms with Crippen molar-refractivity contribution >= 4 is 34.0 Å². The summed E-state index contributed by atoms with van der Waals surface area (Å²) in [6.45, 7) is 3.50. The third-order valence-corrected chi connectivity index (χ3v) is 6.72. The van der Waals surface area contributed by atoms with Gasteiger partial charge in [-0.05, 0) is 50.4 Å². The molecule has 1 aromatic carbocycles. The van der Waals surface area contributed by atoms with E-state index in [-0.39, 0.29) is 29.4 Å². The van der Waals surface area contributed by atoms with Crippen LogP contribution in [0.25, 0.3) is 0 Å². The zero-order valence-corrected chi connectivity index (χ0v) is 14.3. The lowest BCUT2D eigenvalue weighted by atomic mass is 10.1. The number of benzene rings is 1. The first-order valence-electron chi connectivity index (χ1n) is 7.00. The summed E-state index contributed by atoms with van der Waals surface area (Å²) in [7, 11) is -3.51. The first kappa shape index (κ1) is 17.0. The highest BCUT2D eigenvalue weighted by Crippen LogP contribution is 2.36. The molecule has 0 saturated carbocycles. The van der Waals surface area contributed by atoms with Crippen LogP contribution in [0.5, 0.6) is 0 Å². The number of aryl methyl sites for hydroxylation is 1. The Morgan fingerprint density at radius 1 is 1.24 bits per heavy atom. The Hall–Kier alpha value is -0.330. The van der Waals surface area contributed by atoms with Gasteiger partial charge in [0.05, 0.1) is 5.02 Å². The molecule has 2 fully saturated rings. The van der Waals surface area contributed by atoms with E-state index in [0.717, 1.165) is 37.9 Å². The summed E-state index contributed by atoms with van der Waals surface area (Å²) in [4.78, 5) is 0.248. The van der Waals surface area contributed by atoms with Crippen LogP contribution in [0.3, 0.4) is 0 Å². The molecule has 1 N–H and O–H groups in total. The molecule has 2 heterocycles. The second-order valence-electron chi connectivity index (χ2n) is 5.65. The molecule has 0 aliphatic carbocycles. The SMILES string of the molecule is Cc1ccc(Cl)c(S(=O)(=O)N2C3CCNCC2CC3)c1.Cl. The Labute approximate surface area is 137 Å². The first-order valence-corrected chi connectivity index (χ1v) is 8.82. The van der Waals surface area contributed by atoms with Gasteiger partial charge >= 0.3 is 0 Å². The first-order chi connectivity index (χ1) is 9.50. The molecule has 21 heavy (non-hydrogen) atoms. The van der Waals surface area contributed by atoms with Crippen molar-refractivity contribution in [2.75, 3.05) is 13.1 Å². The Morgan fingerprint density at radius 3 is 2.71 bits per heavy atom. The van der Waals surface area contributed by atoms with Crippen LogP contribution in [0.4, 0.5) is 0 Å². The maximum absolute atomic E-state index is 13.0. The van der Waals surface area contributed by atoms with Gasteiger partial charge in [0.1, 0.15) is 4.90 Å². The van der Waals surface area contributed by atoms with Gasteiger partial charge in [-0.25, -0.2) is 8.42 Å². The highest BCUT2D eigenvalue weighted by atomic mass is 35.5. The van der Waals surface area contributed by atoms with Gasteiger partial charge in [0.25, 0.3) is 0 Å². The van der Waals surface area contributed by atoms with Crippen molar-refractivity contribution in [2.24, 2.45) is 0 Å². The van der Waals surface area contributed by atoms with Crippen molar-refractivity contribution in [1.82, 2.24) is 9.62 Å². The quantitative estimate of drug-likeness (QED) is 0.891. The van der Waals surface area contributed by atoms with E-state index in [1.54, 1.807) is 16.4 Å². The Balaban J connectivity index is 0.00000161. The number of hydrogen-bond donors (Lipinski definition) is 1. The average molecular weight is 351 g/mol. The third-order valence-electron chi connectivity index (χ3n) is 4.23. The van der Waals surface area contributed by atoms with Crippen LogP contribution in [0, 0.1) is 6.92 Å². The van der Waals surface area contributed by atoms with Gasteiger partial charge in [-0.2, -0.15) is 4.31 Å². The van der Waals surface area contributed by atoms with Gasteiger partial charge in [0.2, 0.25) is 10.0 Å². The molecule has 2 unspecified atom stereocenters. The molecule has 1 aromatic rings.